The summed E-state index contributed by atoms with van der Waals surface area (Å²) in [4.78, 5) is 9.88. The Hall–Kier alpha value is 0.291. The molecule has 12 heteroatoms. The lowest BCUT2D eigenvalue weighted by Gasteiger charge is -2.31. The Labute approximate surface area is 110 Å². The maximum Gasteiger partial charge on any atom is 0.670 e. The van der Waals surface area contributed by atoms with E-state index in [9.17, 15) is 4.80 Å². The highest BCUT2D eigenvalue weighted by Gasteiger charge is 2.57. The van der Waals surface area contributed by atoms with Crippen LogP contribution in [0, 0.1) is 0 Å². The van der Waals surface area contributed by atoms with Gasteiger partial charge in [0.05, 0.1) is 0 Å². The number of hydrogen-bond donors (Lipinski definition) is 1. The molecule has 0 spiro atoms. The highest BCUT2D eigenvalue weighted by molar-refractivity contribution is 6.71. The monoisotopic (exact) mass is 319 g/mol. The summed E-state index contributed by atoms with van der Waals surface area (Å²) in [6.07, 6.45) is 0. The Morgan fingerprint density at radius 1 is 0.778 bits per heavy atom. The minimum absolute atomic E-state index is 1.23. The molecular weight excluding hydrogens is 300 g/mol. The van der Waals surface area contributed by atoms with Crippen molar-refractivity contribution in [3.63, 3.8) is 0 Å². The highest BCUT2D eigenvalue weighted by Crippen LogP contribution is 2.17. The zero-order valence-corrected chi connectivity index (χ0v) is 14.2. The average Bonchev–Trinajstić information content (AvgIpc) is 2.43. The van der Waals surface area contributed by atoms with Gasteiger partial charge in [-0.05, 0) is 0 Å². The van der Waals surface area contributed by atoms with Gasteiger partial charge >= 0.3 is 27.6 Å². The lowest BCUT2D eigenvalue weighted by molar-refractivity contribution is -0.0122. The molecule has 0 atom stereocenters. The van der Waals surface area contributed by atoms with Gasteiger partial charge in [-0.3, -0.25) is 0 Å². The average molecular weight is 319 g/mol. The summed E-state index contributed by atoms with van der Waals surface area (Å²) < 4.78 is 40.2. The minimum Gasteiger partial charge on any atom is -0.375 e. The van der Waals surface area contributed by atoms with Crippen LogP contribution in [-0.2, 0) is 34.8 Å². The summed E-state index contributed by atoms with van der Waals surface area (Å²) in [7, 11) is -1.76. The summed E-state index contributed by atoms with van der Waals surface area (Å²) in [6.45, 7) is 0. The van der Waals surface area contributed by atoms with Gasteiger partial charge in [0.1, 0.15) is 0 Å². The largest absolute Gasteiger partial charge is 0.670 e. The van der Waals surface area contributed by atoms with E-state index in [1.54, 1.807) is 0 Å². The van der Waals surface area contributed by atoms with Crippen LogP contribution in [-0.4, -0.2) is 75.1 Å². The Morgan fingerprint density at radius 2 is 1.22 bits per heavy atom. The first-order chi connectivity index (χ1) is 8.44. The van der Waals surface area contributed by atoms with E-state index in [2.05, 4.69) is 0 Å². The van der Waals surface area contributed by atoms with Gasteiger partial charge in [0.25, 0.3) is 0 Å². The molecule has 1 radical (unpaired) electrons. The second kappa shape index (κ2) is 8.46. The molecule has 0 unspecified atom stereocenters. The molecule has 0 aliphatic rings. The lowest BCUT2D eigenvalue weighted by Crippen LogP contribution is -2.61. The molecule has 0 amide bonds. The normalized spacial score (nSPS) is 13.3. The molecule has 0 fully saturated rings. The van der Waals surface area contributed by atoms with Crippen molar-refractivity contribution < 1.29 is 39.6 Å². The third-order valence-corrected chi connectivity index (χ3v) is 8.21. The van der Waals surface area contributed by atoms with E-state index in [-0.39, 0.29) is 0 Å². The van der Waals surface area contributed by atoms with E-state index in [0.717, 1.165) is 0 Å². The fraction of sp³-hybridized carbons (Fsp3) is 1.00. The summed E-state index contributed by atoms with van der Waals surface area (Å²) in [5.74, 6) is 0. The smallest absolute Gasteiger partial charge is 0.375 e. The maximum absolute atomic E-state index is 9.88. The first-order valence-corrected chi connectivity index (χ1v) is 9.24. The topological polar surface area (TPSA) is 94.1 Å². The molecule has 0 aromatic rings. The molecule has 0 aliphatic carbocycles. The molecule has 1 N–H and O–H groups in total. The minimum atomic E-state index is -3.88. The summed E-state index contributed by atoms with van der Waals surface area (Å²) in [5, 5.41) is 0. The maximum atomic E-state index is 9.88. The van der Waals surface area contributed by atoms with Crippen LogP contribution in [0.25, 0.3) is 0 Å². The van der Waals surface area contributed by atoms with E-state index in [1.807, 2.05) is 0 Å². The lowest BCUT2D eigenvalue weighted by atomic mass is 11.8. The van der Waals surface area contributed by atoms with Crippen LogP contribution in [0.2, 0.25) is 0 Å². The molecule has 9 nitrogen and oxygen atoms in total. The van der Waals surface area contributed by atoms with Gasteiger partial charge in [0.15, 0.2) is 0 Å². The molecule has 0 rings (SSSR count). The number of rotatable bonds is 10. The zero-order chi connectivity index (χ0) is 14.2. The molecule has 18 heavy (non-hydrogen) atoms. The van der Waals surface area contributed by atoms with Crippen molar-refractivity contribution in [3.05, 3.63) is 0 Å². The highest BCUT2D eigenvalue weighted by atomic mass is 28.5. The van der Waals surface area contributed by atoms with Crippen molar-refractivity contribution in [2.45, 2.75) is 0 Å². The predicted molar refractivity (Wildman–Crippen MR) is 63.7 cm³/mol. The van der Waals surface area contributed by atoms with E-state index in [0.29, 0.717) is 0 Å². The van der Waals surface area contributed by atoms with Crippen molar-refractivity contribution in [1.29, 1.82) is 0 Å². The van der Waals surface area contributed by atoms with Gasteiger partial charge in [-0.1, -0.05) is 0 Å². The summed E-state index contributed by atoms with van der Waals surface area (Å²) in [5.41, 5.74) is 0. The van der Waals surface area contributed by atoms with Crippen LogP contribution in [0.5, 0.6) is 0 Å². The summed E-state index contributed by atoms with van der Waals surface area (Å²) >= 11 is 0. The third-order valence-electron chi connectivity index (χ3n) is 1.81. The molecule has 0 aromatic carbocycles. The number of hydrogen-bond acceptors (Lipinski definition) is 9. The van der Waals surface area contributed by atoms with Crippen LogP contribution in [0.3, 0.4) is 0 Å². The Kier molecular flexibility index (Phi) is 8.60. The summed E-state index contributed by atoms with van der Waals surface area (Å²) in [6, 6.07) is 0. The standard InChI is InChI=1S/C6H19O9Si3/c1-8-16(9-2)14-18(12-5,13-6)15-17(7,10-3)11-4/h7H,1-6H3. The molecule has 0 aromatic heterocycles. The van der Waals surface area contributed by atoms with Gasteiger partial charge in [-0.25, -0.2) is 0 Å². The van der Waals surface area contributed by atoms with Crippen LogP contribution in [0.4, 0.5) is 0 Å². The van der Waals surface area contributed by atoms with Crippen molar-refractivity contribution in [3.8, 4) is 0 Å². The molecular formula is C6H19O9Si3. The first-order valence-electron chi connectivity index (χ1n) is 4.71. The second-order valence-corrected chi connectivity index (χ2v) is 9.33. The quantitative estimate of drug-likeness (QED) is 0.495. The third kappa shape index (κ3) is 5.11. The predicted octanol–water partition coefficient (Wildman–Crippen LogP) is -1.25. The van der Waals surface area contributed by atoms with E-state index in [1.165, 1.54) is 42.7 Å². The molecule has 0 aliphatic heterocycles. The van der Waals surface area contributed by atoms with Crippen molar-refractivity contribution >= 4 is 27.6 Å². The first kappa shape index (κ1) is 18.3. The Bertz CT molecular complexity index is 218. The fourth-order valence-electron chi connectivity index (χ4n) is 0.864. The van der Waals surface area contributed by atoms with Gasteiger partial charge < -0.3 is 39.6 Å². The van der Waals surface area contributed by atoms with Crippen LogP contribution >= 0.6 is 0 Å². The molecule has 0 bridgehead atoms. The molecule has 0 saturated heterocycles. The molecule has 0 saturated carbocycles. The van der Waals surface area contributed by atoms with Crippen LogP contribution in [0.15, 0.2) is 0 Å². The molecule has 0 heterocycles. The van der Waals surface area contributed by atoms with Gasteiger partial charge in [-0.15, -0.1) is 0 Å². The van der Waals surface area contributed by atoms with Gasteiger partial charge in [0, 0.05) is 42.7 Å². The molecule has 109 valence electrons. The van der Waals surface area contributed by atoms with Gasteiger partial charge in [-0.2, -0.15) is 0 Å². The Balaban J connectivity index is 4.90. The zero-order valence-electron chi connectivity index (χ0n) is 11.2. The van der Waals surface area contributed by atoms with Crippen LogP contribution < -0.4 is 0 Å². The van der Waals surface area contributed by atoms with Crippen molar-refractivity contribution in [2.75, 3.05) is 42.7 Å². The van der Waals surface area contributed by atoms with E-state index >= 15 is 0 Å². The fourth-order valence-corrected chi connectivity index (χ4v) is 6.65. The van der Waals surface area contributed by atoms with Gasteiger partial charge in [0.2, 0.25) is 0 Å². The SMILES string of the molecule is CO[Si](OC)O[Si](OC)(OC)O[Si](O)(OC)OC. The van der Waals surface area contributed by atoms with Crippen molar-refractivity contribution in [2.24, 2.45) is 0 Å². The Morgan fingerprint density at radius 3 is 1.50 bits per heavy atom. The second-order valence-electron chi connectivity index (χ2n) is 2.70. The van der Waals surface area contributed by atoms with E-state index < -0.39 is 27.6 Å². The van der Waals surface area contributed by atoms with E-state index in [4.69, 9.17) is 34.8 Å². The van der Waals surface area contributed by atoms with Crippen LogP contribution in [0.1, 0.15) is 0 Å². The van der Waals surface area contributed by atoms with Crippen molar-refractivity contribution in [1.82, 2.24) is 0 Å².